The van der Waals surface area contributed by atoms with Crippen LogP contribution in [0.4, 0.5) is 10.1 Å². The van der Waals surface area contributed by atoms with E-state index in [1.54, 1.807) is 24.5 Å². The van der Waals surface area contributed by atoms with Crippen molar-refractivity contribution >= 4 is 34.4 Å². The minimum Gasteiger partial charge on any atom is -0.357 e. The van der Waals surface area contributed by atoms with Crippen LogP contribution in [-0.4, -0.2) is 50.7 Å². The van der Waals surface area contributed by atoms with Crippen molar-refractivity contribution in [2.45, 2.75) is 6.92 Å². The molecule has 0 aliphatic carbocycles. The number of nitrogens with zero attached hydrogens (tertiary/aromatic N) is 4. The highest BCUT2D eigenvalue weighted by molar-refractivity contribution is 5.94. The zero-order chi connectivity index (χ0) is 27.5. The number of pyridine rings is 1. The molecule has 0 aliphatic rings. The highest BCUT2D eigenvalue weighted by Crippen LogP contribution is 2.29. The van der Waals surface area contributed by atoms with Gasteiger partial charge in [0.1, 0.15) is 11.5 Å². The first-order valence-corrected chi connectivity index (χ1v) is 12.5. The number of benzene rings is 2. The van der Waals surface area contributed by atoms with Crippen LogP contribution in [0.2, 0.25) is 0 Å². The van der Waals surface area contributed by atoms with Crippen molar-refractivity contribution in [1.82, 2.24) is 30.0 Å². The number of H-pyrrole nitrogens is 2. The minimum absolute atomic E-state index is 0.274. The number of anilines is 1. The lowest BCUT2D eigenvalue weighted by Crippen LogP contribution is -2.23. The molecule has 3 heterocycles. The molecule has 5 rings (SSSR count). The summed E-state index contributed by atoms with van der Waals surface area (Å²) in [5, 5.41) is 12.7. The van der Waals surface area contributed by atoms with Gasteiger partial charge in [-0.1, -0.05) is 43.5 Å². The number of imidazole rings is 1. The van der Waals surface area contributed by atoms with Crippen molar-refractivity contribution < 1.29 is 4.39 Å². The average molecular weight is 520 g/mol. The van der Waals surface area contributed by atoms with Crippen LogP contribution in [0.25, 0.3) is 51.4 Å². The lowest BCUT2D eigenvalue weighted by atomic mass is 10.0. The number of halogens is 1. The number of nitrogens with one attached hydrogen (secondary N) is 3. The van der Waals surface area contributed by atoms with Gasteiger partial charge in [-0.05, 0) is 62.5 Å². The molecule has 3 N–H and O–H groups in total. The maximum atomic E-state index is 13.5. The molecule has 3 aromatic heterocycles. The lowest BCUT2D eigenvalue weighted by Gasteiger charge is -2.14. The van der Waals surface area contributed by atoms with Crippen LogP contribution >= 0.6 is 0 Å². The van der Waals surface area contributed by atoms with E-state index in [2.05, 4.69) is 38.6 Å². The predicted molar refractivity (Wildman–Crippen MR) is 158 cm³/mol. The highest BCUT2D eigenvalue weighted by Gasteiger charge is 2.14. The number of allylic oxidation sites excluding steroid dienone is 1. The SMILES string of the molecule is C=C(CN(C)C)Nc1cncc(C(=C)/C=c2/c(-c3nc4c(-c5ccc(F)cc5)cccc4[nH]3)n[nH]/c2=C/C)c1. The summed E-state index contributed by atoms with van der Waals surface area (Å²) in [6.45, 7) is 11.1. The summed E-state index contributed by atoms with van der Waals surface area (Å²) >= 11 is 0. The van der Waals surface area contributed by atoms with Gasteiger partial charge in [0.15, 0.2) is 5.82 Å². The Morgan fingerprint density at radius 1 is 1.10 bits per heavy atom. The van der Waals surface area contributed by atoms with Crippen molar-refractivity contribution in [2.75, 3.05) is 26.0 Å². The predicted octanol–water partition coefficient (Wildman–Crippen LogP) is 4.94. The number of hydrogen-bond donors (Lipinski definition) is 3. The Morgan fingerprint density at radius 3 is 2.64 bits per heavy atom. The summed E-state index contributed by atoms with van der Waals surface area (Å²) in [5.41, 5.74) is 7.48. The quantitative estimate of drug-likeness (QED) is 0.271. The third-order valence-electron chi connectivity index (χ3n) is 6.27. The fraction of sp³-hybridized carbons (Fsp3) is 0.129. The molecule has 0 radical (unpaired) electrons. The second-order valence-corrected chi connectivity index (χ2v) is 9.58. The fourth-order valence-corrected chi connectivity index (χ4v) is 4.48. The van der Waals surface area contributed by atoms with E-state index >= 15 is 0 Å². The van der Waals surface area contributed by atoms with Crippen molar-refractivity contribution in [3.63, 3.8) is 0 Å². The Balaban J connectivity index is 1.53. The van der Waals surface area contributed by atoms with Crippen LogP contribution in [0.15, 0.2) is 79.8 Å². The van der Waals surface area contributed by atoms with Gasteiger partial charge in [0.25, 0.3) is 0 Å². The van der Waals surface area contributed by atoms with E-state index in [4.69, 9.17) is 4.98 Å². The number of fused-ring (bicyclic) bond motifs is 1. The van der Waals surface area contributed by atoms with Crippen molar-refractivity contribution in [2.24, 2.45) is 0 Å². The fourth-order valence-electron chi connectivity index (χ4n) is 4.48. The molecule has 0 atom stereocenters. The van der Waals surface area contributed by atoms with Crippen molar-refractivity contribution in [3.05, 3.63) is 102 Å². The van der Waals surface area contributed by atoms with Crippen LogP contribution in [0.5, 0.6) is 0 Å². The number of likely N-dealkylation sites (N-methyl/N-ethyl adjacent to an activating group) is 1. The van der Waals surface area contributed by atoms with E-state index in [9.17, 15) is 4.39 Å². The molecule has 0 amide bonds. The maximum Gasteiger partial charge on any atom is 0.159 e. The summed E-state index contributed by atoms with van der Waals surface area (Å²) in [6, 6.07) is 14.3. The molecule has 0 saturated heterocycles. The standard InChI is InChI=1S/C31H30FN7/c1-6-27-26(14-19(2)22-15-24(17-33-16-22)34-20(3)18-39(4)5)30(38-37-27)31-35-28-9-7-8-25(29(28)36-31)21-10-12-23(32)13-11-21/h6-17,34,37H,2-3,18H2,1,4-5H3,(H,35,36)/b26-14+,27-6+. The van der Waals surface area contributed by atoms with Crippen LogP contribution in [0.1, 0.15) is 12.5 Å². The van der Waals surface area contributed by atoms with Crippen LogP contribution < -0.4 is 15.9 Å². The Bertz CT molecular complexity index is 1790. The number of hydrogen-bond acceptors (Lipinski definition) is 5. The molecule has 8 heteroatoms. The first-order valence-electron chi connectivity index (χ1n) is 12.5. The lowest BCUT2D eigenvalue weighted by molar-refractivity contribution is 0.447. The minimum atomic E-state index is -0.274. The van der Waals surface area contributed by atoms with Gasteiger partial charge >= 0.3 is 0 Å². The first-order chi connectivity index (χ1) is 18.8. The largest absolute Gasteiger partial charge is 0.357 e. The third kappa shape index (κ3) is 5.56. The number of aromatic nitrogens is 5. The Kier molecular flexibility index (Phi) is 7.21. The summed E-state index contributed by atoms with van der Waals surface area (Å²) in [4.78, 5) is 14.7. The van der Waals surface area contributed by atoms with Crippen LogP contribution in [-0.2, 0) is 0 Å². The van der Waals surface area contributed by atoms with Gasteiger partial charge in [0, 0.05) is 34.8 Å². The molecule has 2 aromatic carbocycles. The van der Waals surface area contributed by atoms with E-state index in [1.807, 2.05) is 62.3 Å². The van der Waals surface area contributed by atoms with Crippen LogP contribution in [0.3, 0.4) is 0 Å². The zero-order valence-electron chi connectivity index (χ0n) is 22.2. The summed E-state index contributed by atoms with van der Waals surface area (Å²) in [7, 11) is 3.99. The topological polar surface area (TPSA) is 85.5 Å². The molecule has 5 aromatic rings. The van der Waals surface area contributed by atoms with Gasteiger partial charge in [-0.2, -0.15) is 5.10 Å². The zero-order valence-corrected chi connectivity index (χ0v) is 22.2. The van der Waals surface area contributed by atoms with Gasteiger partial charge in [0.2, 0.25) is 0 Å². The van der Waals surface area contributed by atoms with E-state index in [1.165, 1.54) is 12.1 Å². The third-order valence-corrected chi connectivity index (χ3v) is 6.27. The smallest absolute Gasteiger partial charge is 0.159 e. The molecule has 0 saturated carbocycles. The maximum absolute atomic E-state index is 13.5. The molecule has 196 valence electrons. The molecule has 0 aliphatic heterocycles. The van der Waals surface area contributed by atoms with Crippen molar-refractivity contribution in [1.29, 1.82) is 0 Å². The van der Waals surface area contributed by atoms with E-state index in [-0.39, 0.29) is 5.82 Å². The summed E-state index contributed by atoms with van der Waals surface area (Å²) in [5.74, 6) is 0.348. The monoisotopic (exact) mass is 519 g/mol. The molecule has 7 nitrogen and oxygen atoms in total. The molecular formula is C31H30FN7. The van der Waals surface area contributed by atoms with Crippen LogP contribution in [0, 0.1) is 5.82 Å². The summed E-state index contributed by atoms with van der Waals surface area (Å²) in [6.07, 6.45) is 7.49. The van der Waals surface area contributed by atoms with Gasteiger partial charge in [0.05, 0.1) is 28.3 Å². The average Bonchev–Trinajstić information content (AvgIpc) is 3.52. The molecule has 0 fully saturated rings. The first kappa shape index (κ1) is 25.8. The van der Waals surface area contributed by atoms with E-state index in [0.29, 0.717) is 18.1 Å². The molecule has 0 spiro atoms. The summed E-state index contributed by atoms with van der Waals surface area (Å²) < 4.78 is 13.5. The van der Waals surface area contributed by atoms with Gasteiger partial charge < -0.3 is 15.2 Å². The Hall–Kier alpha value is -4.82. The van der Waals surface area contributed by atoms with Crippen molar-refractivity contribution in [3.8, 4) is 22.6 Å². The Labute approximate surface area is 226 Å². The highest BCUT2D eigenvalue weighted by atomic mass is 19.1. The molecule has 39 heavy (non-hydrogen) atoms. The number of para-hydroxylation sites is 1. The molecule has 0 unspecified atom stereocenters. The molecule has 0 bridgehead atoms. The van der Waals surface area contributed by atoms with E-state index < -0.39 is 0 Å². The second-order valence-electron chi connectivity index (χ2n) is 9.58. The number of rotatable bonds is 8. The Morgan fingerprint density at radius 2 is 1.90 bits per heavy atom. The second kappa shape index (κ2) is 10.9. The van der Waals surface area contributed by atoms with Gasteiger partial charge in [-0.15, -0.1) is 0 Å². The normalized spacial score (nSPS) is 12.4. The van der Waals surface area contributed by atoms with Gasteiger partial charge in [-0.25, -0.2) is 9.37 Å². The number of aromatic amines is 2. The van der Waals surface area contributed by atoms with E-state index in [0.717, 1.165) is 55.2 Å². The van der Waals surface area contributed by atoms with Gasteiger partial charge in [-0.3, -0.25) is 10.1 Å². The molecular weight excluding hydrogens is 489 g/mol.